The minimum absolute atomic E-state index is 0.480. The van der Waals surface area contributed by atoms with Crippen LogP contribution in [0, 0.1) is 0 Å². The third-order valence-electron chi connectivity index (χ3n) is 3.29. The molecular formula is C11H15ClN4. The van der Waals surface area contributed by atoms with Gasteiger partial charge in [-0.3, -0.25) is 4.90 Å². The SMILES string of the molecule is Clc1cncnc1NC1CCN(C2CC2)C1. The van der Waals surface area contributed by atoms with E-state index < -0.39 is 0 Å². The zero-order valence-electron chi connectivity index (χ0n) is 9.06. The summed E-state index contributed by atoms with van der Waals surface area (Å²) in [5.74, 6) is 0.763. The first-order chi connectivity index (χ1) is 7.83. The van der Waals surface area contributed by atoms with Gasteiger partial charge in [0.15, 0.2) is 0 Å². The van der Waals surface area contributed by atoms with Gasteiger partial charge in [-0.15, -0.1) is 0 Å². The Morgan fingerprint density at radius 1 is 1.38 bits per heavy atom. The van der Waals surface area contributed by atoms with Gasteiger partial charge in [-0.25, -0.2) is 9.97 Å². The van der Waals surface area contributed by atoms with E-state index in [4.69, 9.17) is 11.6 Å². The van der Waals surface area contributed by atoms with Gasteiger partial charge in [0.05, 0.1) is 6.20 Å². The van der Waals surface area contributed by atoms with Crippen LogP contribution >= 0.6 is 11.6 Å². The van der Waals surface area contributed by atoms with Gasteiger partial charge in [0.25, 0.3) is 0 Å². The molecule has 0 amide bonds. The normalized spacial score (nSPS) is 25.9. The number of nitrogens with zero attached hydrogens (tertiary/aromatic N) is 3. The van der Waals surface area contributed by atoms with Gasteiger partial charge in [-0.1, -0.05) is 11.6 Å². The number of hydrogen-bond acceptors (Lipinski definition) is 4. The summed E-state index contributed by atoms with van der Waals surface area (Å²) in [6, 6.07) is 1.33. The molecule has 1 aliphatic carbocycles. The van der Waals surface area contributed by atoms with Gasteiger partial charge in [0.1, 0.15) is 17.2 Å². The maximum Gasteiger partial charge on any atom is 0.148 e. The molecule has 1 saturated carbocycles. The van der Waals surface area contributed by atoms with Crippen molar-refractivity contribution in [2.45, 2.75) is 31.3 Å². The largest absolute Gasteiger partial charge is 0.365 e. The molecule has 3 rings (SSSR count). The summed E-state index contributed by atoms with van der Waals surface area (Å²) >= 11 is 6.01. The van der Waals surface area contributed by atoms with Gasteiger partial charge >= 0.3 is 0 Å². The summed E-state index contributed by atoms with van der Waals surface area (Å²) < 4.78 is 0. The van der Waals surface area contributed by atoms with E-state index in [1.807, 2.05) is 0 Å². The van der Waals surface area contributed by atoms with Crippen molar-refractivity contribution >= 4 is 17.4 Å². The Kier molecular flexibility index (Phi) is 2.69. The highest BCUT2D eigenvalue weighted by Gasteiger charge is 2.34. The highest BCUT2D eigenvalue weighted by atomic mass is 35.5. The molecule has 1 saturated heterocycles. The zero-order chi connectivity index (χ0) is 11.0. The van der Waals surface area contributed by atoms with Gasteiger partial charge < -0.3 is 5.32 Å². The summed E-state index contributed by atoms with van der Waals surface area (Å²) in [7, 11) is 0. The lowest BCUT2D eigenvalue weighted by molar-refractivity contribution is 0.326. The number of anilines is 1. The second-order valence-electron chi connectivity index (χ2n) is 4.58. The molecule has 1 N–H and O–H groups in total. The lowest BCUT2D eigenvalue weighted by Crippen LogP contribution is -2.28. The van der Waals surface area contributed by atoms with E-state index in [1.54, 1.807) is 6.20 Å². The van der Waals surface area contributed by atoms with Crippen LogP contribution in [0.25, 0.3) is 0 Å². The molecule has 1 unspecified atom stereocenters. The fourth-order valence-electron chi connectivity index (χ4n) is 2.29. The van der Waals surface area contributed by atoms with Crippen molar-refractivity contribution < 1.29 is 0 Å². The Morgan fingerprint density at radius 2 is 2.25 bits per heavy atom. The molecule has 0 bridgehead atoms. The van der Waals surface area contributed by atoms with Gasteiger partial charge in [0.2, 0.25) is 0 Å². The predicted octanol–water partition coefficient (Wildman–Crippen LogP) is 1.78. The molecule has 5 heteroatoms. The lowest BCUT2D eigenvalue weighted by atomic mass is 10.2. The van der Waals surface area contributed by atoms with Gasteiger partial charge in [0, 0.05) is 25.2 Å². The van der Waals surface area contributed by atoms with Crippen LogP contribution in [0.4, 0.5) is 5.82 Å². The van der Waals surface area contributed by atoms with Crippen molar-refractivity contribution in [2.75, 3.05) is 18.4 Å². The molecule has 0 radical (unpaired) electrons. The molecule has 0 aromatic carbocycles. The first kappa shape index (κ1) is 10.3. The Balaban J connectivity index is 1.61. The van der Waals surface area contributed by atoms with Crippen LogP contribution in [0.15, 0.2) is 12.5 Å². The number of rotatable bonds is 3. The van der Waals surface area contributed by atoms with E-state index in [0.717, 1.165) is 18.4 Å². The minimum Gasteiger partial charge on any atom is -0.365 e. The van der Waals surface area contributed by atoms with E-state index in [0.29, 0.717) is 11.1 Å². The van der Waals surface area contributed by atoms with Crippen LogP contribution in [0.1, 0.15) is 19.3 Å². The third-order valence-corrected chi connectivity index (χ3v) is 3.57. The number of nitrogens with one attached hydrogen (secondary N) is 1. The van der Waals surface area contributed by atoms with Crippen molar-refractivity contribution in [1.29, 1.82) is 0 Å². The summed E-state index contributed by atoms with van der Waals surface area (Å²) in [4.78, 5) is 10.6. The standard InChI is InChI=1S/C11H15ClN4/c12-10-5-13-7-14-11(10)15-8-3-4-16(6-8)9-1-2-9/h5,7-9H,1-4,6H2,(H,13,14,15). The first-order valence-corrected chi connectivity index (χ1v) is 6.17. The average Bonchev–Trinajstić information content (AvgIpc) is 3.03. The Morgan fingerprint density at radius 3 is 3.00 bits per heavy atom. The van der Waals surface area contributed by atoms with Gasteiger partial charge in [-0.2, -0.15) is 0 Å². The van der Waals surface area contributed by atoms with Crippen LogP contribution in [0.5, 0.6) is 0 Å². The molecule has 16 heavy (non-hydrogen) atoms. The fourth-order valence-corrected chi connectivity index (χ4v) is 2.45. The molecule has 1 aromatic rings. The summed E-state index contributed by atoms with van der Waals surface area (Å²) in [6.45, 7) is 2.32. The van der Waals surface area contributed by atoms with E-state index in [2.05, 4.69) is 20.2 Å². The van der Waals surface area contributed by atoms with Crippen molar-refractivity contribution in [3.63, 3.8) is 0 Å². The van der Waals surface area contributed by atoms with E-state index in [9.17, 15) is 0 Å². The number of hydrogen-bond donors (Lipinski definition) is 1. The molecule has 2 fully saturated rings. The highest BCUT2D eigenvalue weighted by Crippen LogP contribution is 2.30. The van der Waals surface area contributed by atoms with Crippen molar-refractivity contribution in [1.82, 2.24) is 14.9 Å². The second kappa shape index (κ2) is 4.18. The average molecular weight is 239 g/mol. The molecule has 4 nitrogen and oxygen atoms in total. The molecule has 1 atom stereocenters. The molecule has 86 valence electrons. The van der Waals surface area contributed by atoms with E-state index in [1.165, 1.54) is 32.1 Å². The van der Waals surface area contributed by atoms with Crippen LogP contribution < -0.4 is 5.32 Å². The lowest BCUT2D eigenvalue weighted by Gasteiger charge is -2.16. The van der Waals surface area contributed by atoms with E-state index in [-0.39, 0.29) is 0 Å². The Labute approximate surface area is 100 Å². The topological polar surface area (TPSA) is 41.1 Å². The summed E-state index contributed by atoms with van der Waals surface area (Å²) in [5.41, 5.74) is 0. The molecule has 2 aliphatic rings. The Bertz CT molecular complexity index is 380. The Hall–Kier alpha value is -0.870. The van der Waals surface area contributed by atoms with Crippen LogP contribution in [-0.4, -0.2) is 40.0 Å². The van der Waals surface area contributed by atoms with Crippen molar-refractivity contribution in [2.24, 2.45) is 0 Å². The maximum atomic E-state index is 6.01. The van der Waals surface area contributed by atoms with Crippen molar-refractivity contribution in [3.8, 4) is 0 Å². The zero-order valence-corrected chi connectivity index (χ0v) is 9.82. The van der Waals surface area contributed by atoms with Gasteiger partial charge in [-0.05, 0) is 19.3 Å². The molecule has 1 aliphatic heterocycles. The summed E-state index contributed by atoms with van der Waals surface area (Å²) in [6.07, 6.45) is 7.09. The first-order valence-electron chi connectivity index (χ1n) is 5.79. The van der Waals surface area contributed by atoms with Crippen LogP contribution in [0.3, 0.4) is 0 Å². The monoisotopic (exact) mass is 238 g/mol. The number of likely N-dealkylation sites (tertiary alicyclic amines) is 1. The molecule has 1 aromatic heterocycles. The predicted molar refractivity (Wildman–Crippen MR) is 63.7 cm³/mol. The fraction of sp³-hybridized carbons (Fsp3) is 0.636. The van der Waals surface area contributed by atoms with Crippen LogP contribution in [0.2, 0.25) is 5.02 Å². The maximum absolute atomic E-state index is 6.01. The number of halogens is 1. The smallest absolute Gasteiger partial charge is 0.148 e. The molecular weight excluding hydrogens is 224 g/mol. The summed E-state index contributed by atoms with van der Waals surface area (Å²) in [5, 5.41) is 4.00. The quantitative estimate of drug-likeness (QED) is 0.872. The number of aromatic nitrogens is 2. The van der Waals surface area contributed by atoms with Crippen molar-refractivity contribution in [3.05, 3.63) is 17.5 Å². The minimum atomic E-state index is 0.480. The third kappa shape index (κ3) is 2.13. The molecule has 2 heterocycles. The molecule has 0 spiro atoms. The van der Waals surface area contributed by atoms with E-state index >= 15 is 0 Å². The van der Waals surface area contributed by atoms with Crippen LogP contribution in [-0.2, 0) is 0 Å². The highest BCUT2D eigenvalue weighted by molar-refractivity contribution is 6.32. The second-order valence-corrected chi connectivity index (χ2v) is 4.98.